The number of anilines is 1. The molecule has 30 heavy (non-hydrogen) atoms. The quantitative estimate of drug-likeness (QED) is 0.594. The minimum Gasteiger partial charge on any atom is -0.497 e. The first kappa shape index (κ1) is 20.3. The summed E-state index contributed by atoms with van der Waals surface area (Å²) in [6.07, 6.45) is -3.17. The number of ether oxygens (including phenoxy) is 2. The Bertz CT molecular complexity index is 1140. The minimum absolute atomic E-state index is 0.114. The molecule has 1 aliphatic rings. The van der Waals surface area contributed by atoms with Crippen LogP contribution in [0.1, 0.15) is 19.4 Å². The predicted octanol–water partition coefficient (Wildman–Crippen LogP) is 4.12. The van der Waals surface area contributed by atoms with Gasteiger partial charge in [0.1, 0.15) is 17.3 Å². The third kappa shape index (κ3) is 3.30. The molecule has 0 saturated carbocycles. The van der Waals surface area contributed by atoms with E-state index in [1.165, 1.54) is 20.4 Å². The maximum Gasteiger partial charge on any atom is 0.410 e. The van der Waals surface area contributed by atoms with E-state index in [4.69, 9.17) is 21.7 Å². The van der Waals surface area contributed by atoms with Crippen molar-refractivity contribution < 1.29 is 22.6 Å². The second-order valence-electron chi connectivity index (χ2n) is 6.92. The number of hydrogen-bond donors (Lipinski definition) is 2. The number of benzene rings is 1. The molecule has 0 aliphatic carbocycles. The first-order valence-electron chi connectivity index (χ1n) is 9.05. The van der Waals surface area contributed by atoms with Crippen molar-refractivity contribution in [2.75, 3.05) is 19.5 Å². The maximum atomic E-state index is 13.6. The molecule has 2 atom stereocenters. The van der Waals surface area contributed by atoms with Crippen LogP contribution in [0.5, 0.6) is 11.5 Å². The van der Waals surface area contributed by atoms with Crippen molar-refractivity contribution in [1.29, 1.82) is 0 Å². The van der Waals surface area contributed by atoms with Gasteiger partial charge in [-0.1, -0.05) is 0 Å². The van der Waals surface area contributed by atoms with Gasteiger partial charge in [0.2, 0.25) is 0 Å². The molecular weight excluding hydrogens is 421 g/mol. The molecule has 160 valence electrons. The van der Waals surface area contributed by atoms with Crippen LogP contribution in [-0.4, -0.2) is 51.0 Å². The summed E-state index contributed by atoms with van der Waals surface area (Å²) in [7, 11) is 3.03. The van der Waals surface area contributed by atoms with Crippen molar-refractivity contribution in [1.82, 2.24) is 24.5 Å². The lowest BCUT2D eigenvalue weighted by molar-refractivity contribution is -0.173. The minimum atomic E-state index is -4.42. The van der Waals surface area contributed by atoms with Crippen molar-refractivity contribution in [3.05, 3.63) is 29.2 Å². The standard InChI is InChI=1S/C18H19F3N6O2S/c1-9-6-14(18(19,20)21)27-15(23-9)11(8-22-27)16-24-25-17(30)26(16)12-5-4-10(28-2)7-13(12)29-3/h4-5,7-9,14,23H,6H2,1-3H3,(H,25,30)/t9-,14+/m1/s1. The molecule has 2 aromatic heterocycles. The van der Waals surface area contributed by atoms with E-state index in [0.29, 0.717) is 28.6 Å². The number of fused-ring (bicyclic) bond motifs is 1. The maximum absolute atomic E-state index is 13.6. The Morgan fingerprint density at radius 1 is 1.23 bits per heavy atom. The van der Waals surface area contributed by atoms with Crippen LogP contribution in [0.15, 0.2) is 24.4 Å². The first-order chi connectivity index (χ1) is 14.2. The average Bonchev–Trinajstić information content (AvgIpc) is 3.29. The molecule has 0 unspecified atom stereocenters. The third-order valence-electron chi connectivity index (χ3n) is 4.97. The van der Waals surface area contributed by atoms with E-state index >= 15 is 0 Å². The molecule has 3 aromatic rings. The second-order valence-corrected chi connectivity index (χ2v) is 7.30. The van der Waals surface area contributed by atoms with Gasteiger partial charge in [-0.3, -0.25) is 9.67 Å². The Hall–Kier alpha value is -3.02. The molecule has 0 bridgehead atoms. The molecule has 12 heteroatoms. The van der Waals surface area contributed by atoms with E-state index in [1.54, 1.807) is 29.7 Å². The number of nitrogens with zero attached hydrogens (tertiary/aromatic N) is 4. The van der Waals surface area contributed by atoms with Crippen molar-refractivity contribution >= 4 is 18.0 Å². The highest BCUT2D eigenvalue weighted by Gasteiger charge is 2.46. The lowest BCUT2D eigenvalue weighted by Gasteiger charge is -2.32. The van der Waals surface area contributed by atoms with E-state index in [9.17, 15) is 13.2 Å². The number of aromatic nitrogens is 5. The van der Waals surface area contributed by atoms with Crippen molar-refractivity contribution in [3.63, 3.8) is 0 Å². The Morgan fingerprint density at radius 2 is 2.00 bits per heavy atom. The number of methoxy groups -OCH3 is 2. The van der Waals surface area contributed by atoms with Gasteiger partial charge in [-0.25, -0.2) is 4.68 Å². The zero-order chi connectivity index (χ0) is 21.6. The Morgan fingerprint density at radius 3 is 2.67 bits per heavy atom. The molecule has 4 rings (SSSR count). The van der Waals surface area contributed by atoms with Crippen molar-refractivity contribution in [3.8, 4) is 28.6 Å². The molecule has 3 heterocycles. The van der Waals surface area contributed by atoms with Gasteiger partial charge >= 0.3 is 6.18 Å². The van der Waals surface area contributed by atoms with Gasteiger partial charge in [0.15, 0.2) is 16.6 Å². The van der Waals surface area contributed by atoms with Crippen LogP contribution in [0.25, 0.3) is 17.1 Å². The first-order valence-corrected chi connectivity index (χ1v) is 9.46. The van der Waals surface area contributed by atoms with Gasteiger partial charge in [0, 0.05) is 12.1 Å². The summed E-state index contributed by atoms with van der Waals surface area (Å²) >= 11 is 5.39. The lowest BCUT2D eigenvalue weighted by atomic mass is 10.0. The molecule has 8 nitrogen and oxygen atoms in total. The third-order valence-corrected chi connectivity index (χ3v) is 5.24. The highest BCUT2D eigenvalue weighted by Crippen LogP contribution is 2.42. The predicted molar refractivity (Wildman–Crippen MR) is 106 cm³/mol. The van der Waals surface area contributed by atoms with Gasteiger partial charge < -0.3 is 14.8 Å². The van der Waals surface area contributed by atoms with Crippen LogP contribution in [0, 0.1) is 4.77 Å². The molecule has 0 radical (unpaired) electrons. The average molecular weight is 440 g/mol. The highest BCUT2D eigenvalue weighted by molar-refractivity contribution is 7.71. The van der Waals surface area contributed by atoms with Gasteiger partial charge in [0.05, 0.1) is 31.7 Å². The number of H-pyrrole nitrogens is 1. The molecule has 0 saturated heterocycles. The Balaban J connectivity index is 1.89. The van der Waals surface area contributed by atoms with Crippen molar-refractivity contribution in [2.24, 2.45) is 0 Å². The smallest absolute Gasteiger partial charge is 0.410 e. The summed E-state index contributed by atoms with van der Waals surface area (Å²) in [6, 6.07) is 3.02. The molecule has 0 spiro atoms. The van der Waals surface area contributed by atoms with Crippen LogP contribution < -0.4 is 14.8 Å². The number of aromatic amines is 1. The molecule has 0 amide bonds. The largest absolute Gasteiger partial charge is 0.497 e. The van der Waals surface area contributed by atoms with Gasteiger partial charge in [-0.15, -0.1) is 0 Å². The van der Waals surface area contributed by atoms with Crippen LogP contribution in [-0.2, 0) is 0 Å². The second kappa shape index (κ2) is 7.35. The van der Waals surface area contributed by atoms with E-state index < -0.39 is 18.3 Å². The summed E-state index contributed by atoms with van der Waals surface area (Å²) in [5.74, 6) is 1.59. The fourth-order valence-electron chi connectivity index (χ4n) is 3.58. The van der Waals surface area contributed by atoms with E-state index in [0.717, 1.165) is 4.68 Å². The fraction of sp³-hybridized carbons (Fsp3) is 0.389. The SMILES string of the molecule is COc1ccc(-n2c(-c3cnn4c3N[C@H](C)C[C@H]4C(F)(F)F)n[nH]c2=S)c(OC)c1. The normalized spacial score (nSPS) is 18.6. The number of rotatable bonds is 4. The molecule has 1 aromatic carbocycles. The van der Waals surface area contributed by atoms with Crippen LogP contribution in [0.3, 0.4) is 0 Å². The van der Waals surface area contributed by atoms with Crippen LogP contribution in [0.4, 0.5) is 19.0 Å². The summed E-state index contributed by atoms with van der Waals surface area (Å²) in [5, 5.41) is 14.1. The van der Waals surface area contributed by atoms with Crippen molar-refractivity contribution in [2.45, 2.75) is 31.6 Å². The topological polar surface area (TPSA) is 81.9 Å². The summed E-state index contributed by atoms with van der Waals surface area (Å²) in [4.78, 5) is 0. The number of nitrogens with one attached hydrogen (secondary N) is 2. The molecule has 1 aliphatic heterocycles. The van der Waals surface area contributed by atoms with E-state index in [1.807, 2.05) is 0 Å². The van der Waals surface area contributed by atoms with Gasteiger partial charge in [-0.05, 0) is 37.7 Å². The number of halogens is 3. The fourth-order valence-corrected chi connectivity index (χ4v) is 3.81. The Kier molecular flexibility index (Phi) is 4.96. The molecule has 0 fully saturated rings. The zero-order valence-corrected chi connectivity index (χ0v) is 17.1. The summed E-state index contributed by atoms with van der Waals surface area (Å²) in [5.41, 5.74) is 0.948. The van der Waals surface area contributed by atoms with Crippen LogP contribution >= 0.6 is 12.2 Å². The van der Waals surface area contributed by atoms with E-state index in [2.05, 4.69) is 20.6 Å². The highest BCUT2D eigenvalue weighted by atomic mass is 32.1. The zero-order valence-electron chi connectivity index (χ0n) is 16.3. The van der Waals surface area contributed by atoms with Gasteiger partial charge in [0.25, 0.3) is 0 Å². The molecule has 2 N–H and O–H groups in total. The Labute approximate surface area is 174 Å². The van der Waals surface area contributed by atoms with Crippen LogP contribution in [0.2, 0.25) is 0 Å². The summed E-state index contributed by atoms with van der Waals surface area (Å²) < 4.78 is 54.2. The number of hydrogen-bond acceptors (Lipinski definition) is 6. The lowest BCUT2D eigenvalue weighted by Crippen LogP contribution is -2.38. The summed E-state index contributed by atoms with van der Waals surface area (Å²) in [6.45, 7) is 1.70. The molecular formula is C18H19F3N6O2S. The van der Waals surface area contributed by atoms with E-state index in [-0.39, 0.29) is 17.0 Å². The monoisotopic (exact) mass is 440 g/mol. The van der Waals surface area contributed by atoms with Gasteiger partial charge in [-0.2, -0.15) is 23.4 Å². The number of alkyl halides is 3.